The molecule has 0 atom stereocenters. The Morgan fingerprint density at radius 2 is 2.35 bits per heavy atom. The molecule has 0 amide bonds. The van der Waals surface area contributed by atoms with Gasteiger partial charge < -0.3 is 9.52 Å². The van der Waals surface area contributed by atoms with Crippen molar-refractivity contribution in [2.45, 2.75) is 0 Å². The Bertz CT molecular complexity index is 744. The lowest BCUT2D eigenvalue weighted by Gasteiger charge is -1.97. The van der Waals surface area contributed by atoms with Crippen LogP contribution >= 0.6 is 11.3 Å². The van der Waals surface area contributed by atoms with Crippen LogP contribution in [-0.2, 0) is 0 Å². The van der Waals surface area contributed by atoms with E-state index in [4.69, 9.17) is 4.42 Å². The number of nitrogens with one attached hydrogen (secondary N) is 1. The van der Waals surface area contributed by atoms with Crippen molar-refractivity contribution in [3.8, 4) is 11.1 Å². The van der Waals surface area contributed by atoms with E-state index in [0.717, 1.165) is 11.6 Å². The summed E-state index contributed by atoms with van der Waals surface area (Å²) in [5, 5.41) is 26.2. The van der Waals surface area contributed by atoms with Gasteiger partial charge in [-0.15, -0.1) is 10.2 Å². The smallest absolute Gasteiger partial charge is 0.239 e. The highest BCUT2D eigenvalue weighted by atomic mass is 32.1. The van der Waals surface area contributed by atoms with Crippen LogP contribution in [0, 0.1) is 0 Å². The molecular formula is C12H8N4O3S. The average molecular weight is 288 g/mol. The van der Waals surface area contributed by atoms with E-state index in [-0.39, 0.29) is 17.3 Å². The van der Waals surface area contributed by atoms with Crippen LogP contribution in [0.2, 0.25) is 0 Å². The Balaban J connectivity index is 1.93. The number of carbonyl (C=O) groups is 1. The predicted octanol–water partition coefficient (Wildman–Crippen LogP) is 2.30. The maximum absolute atomic E-state index is 12.1. The summed E-state index contributed by atoms with van der Waals surface area (Å²) in [6, 6.07) is 3.59. The van der Waals surface area contributed by atoms with Crippen molar-refractivity contribution in [1.29, 1.82) is 0 Å². The number of ketones is 1. The molecule has 0 bridgehead atoms. The van der Waals surface area contributed by atoms with Crippen molar-refractivity contribution >= 4 is 22.9 Å². The van der Waals surface area contributed by atoms with E-state index < -0.39 is 5.78 Å². The van der Waals surface area contributed by atoms with E-state index in [1.165, 1.54) is 17.6 Å². The van der Waals surface area contributed by atoms with Crippen LogP contribution in [-0.4, -0.2) is 31.5 Å². The van der Waals surface area contributed by atoms with Crippen molar-refractivity contribution in [2.75, 3.05) is 0 Å². The standard InChI is InChI=1S/C12H8N4O3S/c17-9(5-10(18)12-13-15-16-14-12)11-8(1-3-19-11)7-2-4-20-6-7/h1-6,18H,(H,13,14,15,16). The molecule has 0 aliphatic rings. The average Bonchev–Trinajstić information content (AvgIpc) is 3.19. The third-order valence-electron chi connectivity index (χ3n) is 2.56. The number of rotatable bonds is 4. The van der Waals surface area contributed by atoms with Gasteiger partial charge in [-0.2, -0.15) is 16.6 Å². The van der Waals surface area contributed by atoms with Gasteiger partial charge in [-0.25, -0.2) is 0 Å². The summed E-state index contributed by atoms with van der Waals surface area (Å²) in [5.41, 5.74) is 1.56. The summed E-state index contributed by atoms with van der Waals surface area (Å²) < 4.78 is 5.20. The molecule has 0 unspecified atom stereocenters. The number of H-pyrrole nitrogens is 1. The van der Waals surface area contributed by atoms with Crippen LogP contribution in [0.4, 0.5) is 0 Å². The number of aliphatic hydroxyl groups is 1. The molecular weight excluding hydrogens is 280 g/mol. The number of thiophene rings is 1. The second-order valence-corrected chi connectivity index (χ2v) is 4.58. The number of nitrogens with zero attached hydrogens (tertiary/aromatic N) is 3. The lowest BCUT2D eigenvalue weighted by molar-refractivity contribution is 0.102. The van der Waals surface area contributed by atoms with Crippen LogP contribution in [0.25, 0.3) is 16.9 Å². The quantitative estimate of drug-likeness (QED) is 0.433. The first-order valence-corrected chi connectivity index (χ1v) is 6.49. The van der Waals surface area contributed by atoms with Gasteiger partial charge in [0.25, 0.3) is 0 Å². The van der Waals surface area contributed by atoms with Gasteiger partial charge in [0.05, 0.1) is 6.26 Å². The topological polar surface area (TPSA) is 105 Å². The summed E-state index contributed by atoms with van der Waals surface area (Å²) in [4.78, 5) is 12.1. The zero-order valence-electron chi connectivity index (χ0n) is 9.98. The lowest BCUT2D eigenvalue weighted by atomic mass is 10.1. The summed E-state index contributed by atoms with van der Waals surface area (Å²) in [6.45, 7) is 0. The molecule has 0 aromatic carbocycles. The van der Waals surface area contributed by atoms with E-state index >= 15 is 0 Å². The number of aliphatic hydroxyl groups excluding tert-OH is 1. The van der Waals surface area contributed by atoms with E-state index in [2.05, 4.69) is 20.6 Å². The molecule has 20 heavy (non-hydrogen) atoms. The maximum Gasteiger partial charge on any atom is 0.239 e. The SMILES string of the molecule is O=C(C=C(O)c1nn[nH]n1)c1occc1-c1ccsc1. The first-order valence-electron chi connectivity index (χ1n) is 5.54. The number of carbonyl (C=O) groups excluding carboxylic acids is 1. The molecule has 2 N–H and O–H groups in total. The van der Waals surface area contributed by atoms with Gasteiger partial charge in [0, 0.05) is 11.6 Å². The number of allylic oxidation sites excluding steroid dienone is 1. The monoisotopic (exact) mass is 288 g/mol. The Hall–Kier alpha value is -2.74. The molecule has 0 aliphatic heterocycles. The number of aromatic amines is 1. The summed E-state index contributed by atoms with van der Waals surface area (Å²) in [7, 11) is 0. The van der Waals surface area contributed by atoms with Crippen LogP contribution in [0.3, 0.4) is 0 Å². The highest BCUT2D eigenvalue weighted by Crippen LogP contribution is 2.27. The number of aromatic nitrogens is 4. The molecule has 0 saturated heterocycles. The third-order valence-corrected chi connectivity index (χ3v) is 3.25. The van der Waals surface area contributed by atoms with Gasteiger partial charge in [0.15, 0.2) is 11.5 Å². The molecule has 3 rings (SSSR count). The number of hydrogen-bond acceptors (Lipinski definition) is 7. The van der Waals surface area contributed by atoms with Gasteiger partial charge in [-0.3, -0.25) is 4.79 Å². The van der Waals surface area contributed by atoms with E-state index in [1.807, 2.05) is 16.8 Å². The minimum atomic E-state index is -0.474. The molecule has 0 radical (unpaired) electrons. The second-order valence-electron chi connectivity index (χ2n) is 3.80. The fourth-order valence-corrected chi connectivity index (χ4v) is 2.33. The Kier molecular flexibility index (Phi) is 3.13. The molecule has 3 aromatic rings. The third kappa shape index (κ3) is 2.24. The van der Waals surface area contributed by atoms with Crippen molar-refractivity contribution < 1.29 is 14.3 Å². The second kappa shape index (κ2) is 5.10. The van der Waals surface area contributed by atoms with Crippen molar-refractivity contribution in [1.82, 2.24) is 20.6 Å². The lowest BCUT2D eigenvalue weighted by Crippen LogP contribution is -1.97. The van der Waals surface area contributed by atoms with Gasteiger partial charge in [0.1, 0.15) is 0 Å². The Morgan fingerprint density at radius 3 is 3.05 bits per heavy atom. The highest BCUT2D eigenvalue weighted by molar-refractivity contribution is 7.08. The molecule has 0 fully saturated rings. The van der Waals surface area contributed by atoms with Crippen molar-refractivity contribution in [2.24, 2.45) is 0 Å². The Morgan fingerprint density at radius 1 is 1.45 bits per heavy atom. The largest absolute Gasteiger partial charge is 0.504 e. The van der Waals surface area contributed by atoms with Crippen molar-refractivity contribution in [3.05, 3.63) is 46.8 Å². The number of furan rings is 1. The van der Waals surface area contributed by atoms with Crippen molar-refractivity contribution in [3.63, 3.8) is 0 Å². The van der Waals surface area contributed by atoms with Gasteiger partial charge >= 0.3 is 0 Å². The molecule has 3 aromatic heterocycles. The van der Waals surface area contributed by atoms with Crippen LogP contribution < -0.4 is 0 Å². The van der Waals surface area contributed by atoms with E-state index in [1.54, 1.807) is 6.07 Å². The molecule has 0 aliphatic carbocycles. The van der Waals surface area contributed by atoms with Crippen LogP contribution in [0.1, 0.15) is 16.4 Å². The minimum absolute atomic E-state index is 0.0537. The molecule has 0 spiro atoms. The first kappa shape index (κ1) is 12.3. The van der Waals surface area contributed by atoms with E-state index in [9.17, 15) is 9.90 Å². The van der Waals surface area contributed by atoms with Crippen LogP contribution in [0.15, 0.2) is 39.6 Å². The maximum atomic E-state index is 12.1. The van der Waals surface area contributed by atoms with Gasteiger partial charge in [0.2, 0.25) is 11.6 Å². The fraction of sp³-hybridized carbons (Fsp3) is 0. The van der Waals surface area contributed by atoms with Gasteiger partial charge in [-0.05, 0) is 33.7 Å². The Labute approximate surface area is 116 Å². The summed E-state index contributed by atoms with van der Waals surface area (Å²) in [5.74, 6) is -0.754. The summed E-state index contributed by atoms with van der Waals surface area (Å²) >= 11 is 1.52. The predicted molar refractivity (Wildman–Crippen MR) is 71.1 cm³/mol. The van der Waals surface area contributed by atoms with E-state index in [0.29, 0.717) is 5.56 Å². The zero-order valence-corrected chi connectivity index (χ0v) is 10.8. The number of tetrazole rings is 1. The van der Waals surface area contributed by atoms with Gasteiger partial charge in [-0.1, -0.05) is 0 Å². The molecule has 8 heteroatoms. The normalized spacial score (nSPS) is 11.7. The first-order chi connectivity index (χ1) is 9.75. The fourth-order valence-electron chi connectivity index (χ4n) is 1.67. The van der Waals surface area contributed by atoms with Crippen LogP contribution in [0.5, 0.6) is 0 Å². The summed E-state index contributed by atoms with van der Waals surface area (Å²) in [6.07, 6.45) is 2.43. The molecule has 3 heterocycles. The highest BCUT2D eigenvalue weighted by Gasteiger charge is 2.17. The molecule has 7 nitrogen and oxygen atoms in total. The zero-order chi connectivity index (χ0) is 13.9. The molecule has 0 saturated carbocycles. The molecule has 100 valence electrons. The number of hydrogen-bond donors (Lipinski definition) is 2. The minimum Gasteiger partial charge on any atom is -0.504 e.